The molecule has 0 aliphatic heterocycles. The molecule has 0 aromatic carbocycles. The molecule has 2 N–H and O–H groups in total. The summed E-state index contributed by atoms with van der Waals surface area (Å²) in [6, 6.07) is 0.480. The third-order valence-corrected chi connectivity index (χ3v) is 4.98. The minimum atomic E-state index is -2.65. The summed E-state index contributed by atoms with van der Waals surface area (Å²) in [4.78, 5) is 16.6. The highest BCUT2D eigenvalue weighted by Crippen LogP contribution is 2.38. The van der Waals surface area contributed by atoms with Crippen molar-refractivity contribution in [1.82, 2.24) is 10.3 Å². The molecule has 1 atom stereocenters. The normalized spacial score (nSPS) is 24.6. The van der Waals surface area contributed by atoms with Crippen LogP contribution in [0.25, 0.3) is 0 Å². The second kappa shape index (κ2) is 5.87. The summed E-state index contributed by atoms with van der Waals surface area (Å²) in [5.74, 6) is -3.71. The van der Waals surface area contributed by atoms with Gasteiger partial charge in [0.1, 0.15) is 4.88 Å². The standard InChI is InChI=1S/C14H19F2N3OS/c15-14(16)6-2-1-3-9(14)7-17-12(20)11-8-18-13(21-11)19-10-4-5-10/h8-10H,1-7H2,(H,17,20)(H,18,19). The molecule has 0 spiro atoms. The number of rotatable bonds is 5. The van der Waals surface area contributed by atoms with E-state index in [1.165, 1.54) is 17.5 Å². The predicted molar refractivity (Wildman–Crippen MR) is 78.0 cm³/mol. The van der Waals surface area contributed by atoms with Crippen LogP contribution in [0.2, 0.25) is 0 Å². The van der Waals surface area contributed by atoms with Crippen LogP contribution in [-0.2, 0) is 0 Å². The van der Waals surface area contributed by atoms with Crippen molar-refractivity contribution in [3.8, 4) is 0 Å². The largest absolute Gasteiger partial charge is 0.359 e. The van der Waals surface area contributed by atoms with Gasteiger partial charge in [-0.25, -0.2) is 13.8 Å². The first-order chi connectivity index (χ1) is 10.0. The maximum absolute atomic E-state index is 13.7. The van der Waals surface area contributed by atoms with E-state index < -0.39 is 11.8 Å². The van der Waals surface area contributed by atoms with Crippen LogP contribution >= 0.6 is 11.3 Å². The molecule has 2 saturated carbocycles. The summed E-state index contributed by atoms with van der Waals surface area (Å²) in [7, 11) is 0. The van der Waals surface area contributed by atoms with Crippen LogP contribution in [0.5, 0.6) is 0 Å². The van der Waals surface area contributed by atoms with Crippen LogP contribution in [0.4, 0.5) is 13.9 Å². The van der Waals surface area contributed by atoms with Gasteiger partial charge in [0.05, 0.1) is 6.20 Å². The summed E-state index contributed by atoms with van der Waals surface area (Å²) in [6.07, 6.45) is 5.57. The Morgan fingerprint density at radius 3 is 2.90 bits per heavy atom. The van der Waals surface area contributed by atoms with E-state index in [-0.39, 0.29) is 18.9 Å². The van der Waals surface area contributed by atoms with Gasteiger partial charge in [0.25, 0.3) is 11.8 Å². The fourth-order valence-corrected chi connectivity index (χ4v) is 3.38. The van der Waals surface area contributed by atoms with E-state index in [0.29, 0.717) is 23.8 Å². The van der Waals surface area contributed by atoms with Gasteiger partial charge in [-0.05, 0) is 25.7 Å². The maximum atomic E-state index is 13.7. The van der Waals surface area contributed by atoms with Gasteiger partial charge in [0.2, 0.25) is 0 Å². The Morgan fingerprint density at radius 2 is 2.19 bits per heavy atom. The molecule has 1 aromatic heterocycles. The molecule has 1 aromatic rings. The van der Waals surface area contributed by atoms with Gasteiger partial charge in [-0.15, -0.1) is 0 Å². The lowest BCUT2D eigenvalue weighted by molar-refractivity contribution is -0.0834. The number of amides is 1. The summed E-state index contributed by atoms with van der Waals surface area (Å²) < 4.78 is 27.4. The number of nitrogens with one attached hydrogen (secondary N) is 2. The van der Waals surface area contributed by atoms with E-state index in [4.69, 9.17) is 0 Å². The Hall–Kier alpha value is -1.24. The van der Waals surface area contributed by atoms with Crippen molar-refractivity contribution in [1.29, 1.82) is 0 Å². The minimum absolute atomic E-state index is 0.0368. The molecule has 2 fully saturated rings. The zero-order chi connectivity index (χ0) is 14.9. The third-order valence-electron chi connectivity index (χ3n) is 4.05. The first-order valence-electron chi connectivity index (χ1n) is 7.43. The molecule has 3 rings (SSSR count). The fourth-order valence-electron chi connectivity index (χ4n) is 2.57. The average molecular weight is 315 g/mol. The van der Waals surface area contributed by atoms with Gasteiger partial charge in [-0.3, -0.25) is 4.79 Å². The van der Waals surface area contributed by atoms with Gasteiger partial charge in [0, 0.05) is 24.9 Å². The number of thiazole rings is 1. The number of hydrogen-bond donors (Lipinski definition) is 2. The van der Waals surface area contributed by atoms with E-state index in [1.807, 2.05) is 0 Å². The topological polar surface area (TPSA) is 54.0 Å². The molecule has 4 nitrogen and oxygen atoms in total. The Balaban J connectivity index is 1.52. The van der Waals surface area contributed by atoms with Crippen molar-refractivity contribution in [2.45, 2.75) is 50.5 Å². The molecule has 1 amide bonds. The number of halogens is 2. The van der Waals surface area contributed by atoms with Crippen molar-refractivity contribution < 1.29 is 13.6 Å². The number of aromatic nitrogens is 1. The number of nitrogens with zero attached hydrogens (tertiary/aromatic N) is 1. The molecule has 1 heterocycles. The molecule has 2 aliphatic carbocycles. The summed E-state index contributed by atoms with van der Waals surface area (Å²) in [6.45, 7) is 0.0368. The molecule has 7 heteroatoms. The molecule has 0 bridgehead atoms. The Kier molecular flexibility index (Phi) is 4.10. The zero-order valence-electron chi connectivity index (χ0n) is 11.7. The first-order valence-corrected chi connectivity index (χ1v) is 8.24. The van der Waals surface area contributed by atoms with E-state index >= 15 is 0 Å². The highest BCUT2D eigenvalue weighted by molar-refractivity contribution is 7.17. The van der Waals surface area contributed by atoms with Crippen LogP contribution in [-0.4, -0.2) is 29.4 Å². The maximum Gasteiger partial charge on any atom is 0.263 e. The van der Waals surface area contributed by atoms with Crippen molar-refractivity contribution in [2.24, 2.45) is 5.92 Å². The van der Waals surface area contributed by atoms with Crippen LogP contribution in [0, 0.1) is 5.92 Å². The molecule has 2 aliphatic rings. The first kappa shape index (κ1) is 14.7. The third kappa shape index (κ3) is 3.70. The molecule has 116 valence electrons. The second-order valence-corrected chi connectivity index (χ2v) is 6.89. The molecule has 1 unspecified atom stereocenters. The summed E-state index contributed by atoms with van der Waals surface area (Å²) >= 11 is 1.27. The highest BCUT2D eigenvalue weighted by atomic mass is 32.1. The monoisotopic (exact) mass is 315 g/mol. The van der Waals surface area contributed by atoms with E-state index in [9.17, 15) is 13.6 Å². The number of carbonyl (C=O) groups is 1. The molecular formula is C14H19F2N3OS. The van der Waals surface area contributed by atoms with E-state index in [1.54, 1.807) is 0 Å². The van der Waals surface area contributed by atoms with E-state index in [0.717, 1.165) is 24.4 Å². The minimum Gasteiger partial charge on any atom is -0.359 e. The van der Waals surface area contributed by atoms with Gasteiger partial charge < -0.3 is 10.6 Å². The molecule has 21 heavy (non-hydrogen) atoms. The van der Waals surface area contributed by atoms with Crippen LogP contribution in [0.15, 0.2) is 6.20 Å². The molecule has 0 radical (unpaired) electrons. The average Bonchev–Trinajstić information content (AvgIpc) is 3.12. The van der Waals surface area contributed by atoms with Crippen LogP contribution in [0.3, 0.4) is 0 Å². The molecular weight excluding hydrogens is 296 g/mol. The lowest BCUT2D eigenvalue weighted by Gasteiger charge is -2.31. The summed E-state index contributed by atoms with van der Waals surface area (Å²) in [5, 5.41) is 6.57. The van der Waals surface area contributed by atoms with Crippen molar-refractivity contribution in [3.05, 3.63) is 11.1 Å². The Bertz CT molecular complexity index is 516. The van der Waals surface area contributed by atoms with Crippen molar-refractivity contribution in [3.63, 3.8) is 0 Å². The SMILES string of the molecule is O=C(NCC1CCCCC1(F)F)c1cnc(NC2CC2)s1. The van der Waals surface area contributed by atoms with Gasteiger partial charge in [0.15, 0.2) is 5.13 Å². The quantitative estimate of drug-likeness (QED) is 0.877. The molecule has 0 saturated heterocycles. The lowest BCUT2D eigenvalue weighted by Crippen LogP contribution is -2.40. The Labute approximate surface area is 126 Å². The number of carbonyl (C=O) groups excluding carboxylic acids is 1. The van der Waals surface area contributed by atoms with Crippen LogP contribution < -0.4 is 10.6 Å². The van der Waals surface area contributed by atoms with Gasteiger partial charge in [-0.2, -0.15) is 0 Å². The fraction of sp³-hybridized carbons (Fsp3) is 0.714. The second-order valence-electron chi connectivity index (χ2n) is 5.86. The van der Waals surface area contributed by atoms with Gasteiger partial charge >= 0.3 is 0 Å². The summed E-state index contributed by atoms with van der Waals surface area (Å²) in [5.41, 5.74) is 0. The lowest BCUT2D eigenvalue weighted by atomic mass is 9.85. The number of hydrogen-bond acceptors (Lipinski definition) is 4. The highest BCUT2D eigenvalue weighted by Gasteiger charge is 2.41. The number of anilines is 1. The Morgan fingerprint density at radius 1 is 1.38 bits per heavy atom. The zero-order valence-corrected chi connectivity index (χ0v) is 12.5. The smallest absolute Gasteiger partial charge is 0.263 e. The van der Waals surface area contributed by atoms with Crippen molar-refractivity contribution in [2.75, 3.05) is 11.9 Å². The van der Waals surface area contributed by atoms with Crippen LogP contribution in [0.1, 0.15) is 48.2 Å². The van der Waals surface area contributed by atoms with Gasteiger partial charge in [-0.1, -0.05) is 17.8 Å². The number of alkyl halides is 2. The predicted octanol–water partition coefficient (Wildman–Crippen LogP) is 3.27. The van der Waals surface area contributed by atoms with Crippen molar-refractivity contribution >= 4 is 22.4 Å². The van der Waals surface area contributed by atoms with E-state index in [2.05, 4.69) is 15.6 Å².